The second-order valence-corrected chi connectivity index (χ2v) is 4.02. The number of fused-ring (bicyclic) bond motifs is 1. The van der Waals surface area contributed by atoms with Crippen molar-refractivity contribution in [3.63, 3.8) is 0 Å². The molecule has 0 amide bonds. The Morgan fingerprint density at radius 3 is 3.00 bits per heavy atom. The van der Waals surface area contributed by atoms with Gasteiger partial charge in [0.25, 0.3) is 5.56 Å². The van der Waals surface area contributed by atoms with E-state index in [-0.39, 0.29) is 21.5 Å². The number of carbonyl (C=O) groups is 1. The third kappa shape index (κ3) is 2.04. The number of hydrogen-bond acceptors (Lipinski definition) is 6. The van der Waals surface area contributed by atoms with Gasteiger partial charge in [-0.05, 0) is 11.5 Å². The van der Waals surface area contributed by atoms with Crippen LogP contribution in [-0.4, -0.2) is 38.7 Å². The summed E-state index contributed by atoms with van der Waals surface area (Å²) in [7, 11) is 1.53. The van der Waals surface area contributed by atoms with Gasteiger partial charge in [0.2, 0.25) is 0 Å². The second kappa shape index (κ2) is 4.60. The minimum absolute atomic E-state index is 0.0176. The highest BCUT2D eigenvalue weighted by Crippen LogP contribution is 2.16. The molecule has 2 aromatic heterocycles. The SMILES string of the molecule is COCCn1cnc2c(C(=O)O)snc2c1=O. The van der Waals surface area contributed by atoms with E-state index in [1.807, 2.05) is 0 Å². The minimum atomic E-state index is -1.13. The number of hydrogen-bond donors (Lipinski definition) is 1. The molecule has 2 rings (SSSR count). The van der Waals surface area contributed by atoms with Crippen molar-refractivity contribution in [1.82, 2.24) is 13.9 Å². The van der Waals surface area contributed by atoms with Crippen LogP contribution in [0.2, 0.25) is 0 Å². The normalized spacial score (nSPS) is 10.9. The molecule has 0 fully saturated rings. The first kappa shape index (κ1) is 11.7. The predicted octanol–water partition coefficient (Wildman–Crippen LogP) is 0.198. The summed E-state index contributed by atoms with van der Waals surface area (Å²) < 4.78 is 10.0. The summed E-state index contributed by atoms with van der Waals surface area (Å²) in [6.07, 6.45) is 1.31. The van der Waals surface area contributed by atoms with Crippen LogP contribution in [0.1, 0.15) is 9.67 Å². The number of aromatic nitrogens is 3. The summed E-state index contributed by atoms with van der Waals surface area (Å²) in [6.45, 7) is 0.737. The molecule has 0 spiro atoms. The molecule has 0 radical (unpaired) electrons. The van der Waals surface area contributed by atoms with Gasteiger partial charge >= 0.3 is 5.97 Å². The van der Waals surface area contributed by atoms with Gasteiger partial charge in [-0.15, -0.1) is 0 Å². The van der Waals surface area contributed by atoms with E-state index in [2.05, 4.69) is 9.36 Å². The van der Waals surface area contributed by atoms with Crippen molar-refractivity contribution in [2.45, 2.75) is 6.54 Å². The van der Waals surface area contributed by atoms with Gasteiger partial charge in [0.15, 0.2) is 10.4 Å². The molecule has 0 saturated heterocycles. The molecule has 2 heterocycles. The number of nitrogens with zero attached hydrogens (tertiary/aromatic N) is 3. The summed E-state index contributed by atoms with van der Waals surface area (Å²) in [5.41, 5.74) is -0.122. The molecule has 0 atom stereocenters. The highest BCUT2D eigenvalue weighted by molar-refractivity contribution is 7.09. The van der Waals surface area contributed by atoms with E-state index in [9.17, 15) is 9.59 Å². The molecular formula is C9H9N3O4S. The zero-order chi connectivity index (χ0) is 12.4. The van der Waals surface area contributed by atoms with E-state index in [4.69, 9.17) is 9.84 Å². The summed E-state index contributed by atoms with van der Waals surface area (Å²) >= 11 is 0.761. The van der Waals surface area contributed by atoms with E-state index in [1.165, 1.54) is 18.0 Å². The van der Waals surface area contributed by atoms with Crippen molar-refractivity contribution in [2.24, 2.45) is 0 Å². The zero-order valence-corrected chi connectivity index (χ0v) is 9.73. The lowest BCUT2D eigenvalue weighted by atomic mass is 10.3. The standard InChI is InChI=1S/C9H9N3O4S/c1-16-3-2-12-4-10-5-6(8(12)13)11-17-7(5)9(14)15/h4H,2-3H2,1H3,(H,14,15). The molecule has 0 aromatic carbocycles. The van der Waals surface area contributed by atoms with Gasteiger partial charge in [0.05, 0.1) is 19.5 Å². The van der Waals surface area contributed by atoms with Crippen molar-refractivity contribution in [1.29, 1.82) is 0 Å². The fourth-order valence-corrected chi connectivity index (χ4v) is 2.01. The molecule has 17 heavy (non-hydrogen) atoms. The van der Waals surface area contributed by atoms with Crippen molar-refractivity contribution >= 4 is 28.5 Å². The third-order valence-electron chi connectivity index (χ3n) is 2.19. The molecule has 0 saturated carbocycles. The quantitative estimate of drug-likeness (QED) is 0.838. The maximum Gasteiger partial charge on any atom is 0.349 e. The van der Waals surface area contributed by atoms with Crippen LogP contribution in [0.15, 0.2) is 11.1 Å². The van der Waals surface area contributed by atoms with Crippen molar-refractivity contribution in [2.75, 3.05) is 13.7 Å². The van der Waals surface area contributed by atoms with Crippen molar-refractivity contribution < 1.29 is 14.6 Å². The summed E-state index contributed by atoms with van der Waals surface area (Å²) in [5.74, 6) is -1.13. The van der Waals surface area contributed by atoms with Crippen LogP contribution >= 0.6 is 11.5 Å². The van der Waals surface area contributed by atoms with E-state index >= 15 is 0 Å². The lowest BCUT2D eigenvalue weighted by Crippen LogP contribution is -2.22. The third-order valence-corrected chi connectivity index (χ3v) is 3.01. The Morgan fingerprint density at radius 1 is 1.59 bits per heavy atom. The Labute approximate surface area is 99.5 Å². The van der Waals surface area contributed by atoms with E-state index in [0.717, 1.165) is 11.5 Å². The number of carboxylic acids is 1. The first-order valence-electron chi connectivity index (χ1n) is 4.72. The van der Waals surface area contributed by atoms with Gasteiger partial charge in [-0.25, -0.2) is 9.78 Å². The van der Waals surface area contributed by atoms with E-state index < -0.39 is 5.97 Å². The Balaban J connectivity index is 2.54. The predicted molar refractivity (Wildman–Crippen MR) is 60.5 cm³/mol. The molecule has 2 aromatic rings. The Hall–Kier alpha value is -1.80. The molecule has 0 bridgehead atoms. The minimum Gasteiger partial charge on any atom is -0.477 e. The van der Waals surface area contributed by atoms with Crippen LogP contribution in [0.3, 0.4) is 0 Å². The topological polar surface area (TPSA) is 94.3 Å². The fraction of sp³-hybridized carbons (Fsp3) is 0.333. The van der Waals surface area contributed by atoms with Gasteiger partial charge in [-0.2, -0.15) is 4.37 Å². The first-order chi connectivity index (χ1) is 8.15. The van der Waals surface area contributed by atoms with Gasteiger partial charge in [-0.1, -0.05) is 0 Å². The van der Waals surface area contributed by atoms with Crippen LogP contribution in [0, 0.1) is 0 Å². The molecule has 1 N–H and O–H groups in total. The van der Waals surface area contributed by atoms with Crippen molar-refractivity contribution in [3.8, 4) is 0 Å². The molecule has 0 aliphatic rings. The average Bonchev–Trinajstić information content (AvgIpc) is 2.73. The van der Waals surface area contributed by atoms with Crippen LogP contribution in [0.4, 0.5) is 0 Å². The van der Waals surface area contributed by atoms with Gasteiger partial charge in [0, 0.05) is 7.11 Å². The number of methoxy groups -OCH3 is 1. The molecular weight excluding hydrogens is 246 g/mol. The number of aromatic carboxylic acids is 1. The molecule has 7 nitrogen and oxygen atoms in total. The van der Waals surface area contributed by atoms with Gasteiger partial charge < -0.3 is 9.84 Å². The Morgan fingerprint density at radius 2 is 2.35 bits per heavy atom. The average molecular weight is 255 g/mol. The van der Waals surface area contributed by atoms with Gasteiger partial charge in [0.1, 0.15) is 5.52 Å². The van der Waals surface area contributed by atoms with Crippen LogP contribution < -0.4 is 5.56 Å². The summed E-state index contributed by atoms with van der Waals surface area (Å²) in [4.78, 5) is 26.7. The number of ether oxygens (including phenoxy) is 1. The molecule has 8 heteroatoms. The summed E-state index contributed by atoms with van der Waals surface area (Å²) in [5, 5.41) is 8.87. The second-order valence-electron chi connectivity index (χ2n) is 3.25. The number of rotatable bonds is 4. The Bertz CT molecular complexity index is 618. The summed E-state index contributed by atoms with van der Waals surface area (Å²) in [6, 6.07) is 0. The van der Waals surface area contributed by atoms with E-state index in [1.54, 1.807) is 0 Å². The smallest absolute Gasteiger partial charge is 0.349 e. The Kier molecular flexibility index (Phi) is 3.16. The van der Waals surface area contributed by atoms with E-state index in [0.29, 0.717) is 13.2 Å². The first-order valence-corrected chi connectivity index (χ1v) is 5.49. The maximum absolute atomic E-state index is 11.9. The molecule has 0 unspecified atom stereocenters. The monoisotopic (exact) mass is 255 g/mol. The number of carboxylic acid groups (broad SMARTS) is 1. The maximum atomic E-state index is 11.9. The van der Waals surface area contributed by atoms with Crippen LogP contribution in [0.5, 0.6) is 0 Å². The lowest BCUT2D eigenvalue weighted by molar-refractivity contribution is 0.0704. The van der Waals surface area contributed by atoms with Crippen molar-refractivity contribution in [3.05, 3.63) is 21.6 Å². The zero-order valence-electron chi connectivity index (χ0n) is 8.91. The van der Waals surface area contributed by atoms with Crippen LogP contribution in [0.25, 0.3) is 11.0 Å². The molecule has 0 aliphatic heterocycles. The largest absolute Gasteiger partial charge is 0.477 e. The highest BCUT2D eigenvalue weighted by atomic mass is 32.1. The molecule has 0 aliphatic carbocycles. The fourth-order valence-electron chi connectivity index (χ4n) is 1.35. The highest BCUT2D eigenvalue weighted by Gasteiger charge is 2.17. The lowest BCUT2D eigenvalue weighted by Gasteiger charge is -2.02. The van der Waals surface area contributed by atoms with Crippen LogP contribution in [-0.2, 0) is 11.3 Å². The molecule has 90 valence electrons. The van der Waals surface area contributed by atoms with Gasteiger partial charge in [-0.3, -0.25) is 9.36 Å².